The standard InChI is InChI=1S/C13H11N3/c14-11-1-3-12(4-2-11)16-8-6-10-9-15-7-5-13(10)16/h1-9H,14H2. The van der Waals surface area contributed by atoms with E-state index in [1.54, 1.807) is 6.20 Å². The van der Waals surface area contributed by atoms with Crippen LogP contribution in [0.25, 0.3) is 16.6 Å². The van der Waals surface area contributed by atoms with Gasteiger partial charge < -0.3 is 10.3 Å². The lowest BCUT2D eigenvalue weighted by molar-refractivity contribution is 1.13. The molecule has 0 saturated carbocycles. The van der Waals surface area contributed by atoms with Crippen LogP contribution in [-0.2, 0) is 0 Å². The number of nitrogens with zero attached hydrogens (tertiary/aromatic N) is 2. The number of anilines is 1. The molecule has 2 heterocycles. The zero-order valence-corrected chi connectivity index (χ0v) is 8.67. The fourth-order valence-electron chi connectivity index (χ4n) is 1.84. The average Bonchev–Trinajstić information content (AvgIpc) is 2.74. The second kappa shape index (κ2) is 3.38. The highest BCUT2D eigenvalue weighted by Gasteiger charge is 2.01. The van der Waals surface area contributed by atoms with Crippen molar-refractivity contribution in [1.29, 1.82) is 0 Å². The molecular formula is C13H11N3. The minimum atomic E-state index is 0.780. The van der Waals surface area contributed by atoms with Crippen molar-refractivity contribution in [3.05, 3.63) is 55.0 Å². The molecule has 0 aliphatic rings. The van der Waals surface area contributed by atoms with Crippen LogP contribution in [-0.4, -0.2) is 9.55 Å². The van der Waals surface area contributed by atoms with Crippen molar-refractivity contribution < 1.29 is 0 Å². The molecule has 78 valence electrons. The van der Waals surface area contributed by atoms with Gasteiger partial charge in [0.1, 0.15) is 0 Å². The van der Waals surface area contributed by atoms with Crippen LogP contribution in [0.3, 0.4) is 0 Å². The van der Waals surface area contributed by atoms with Crippen molar-refractivity contribution >= 4 is 16.6 Å². The van der Waals surface area contributed by atoms with E-state index in [1.165, 1.54) is 0 Å². The van der Waals surface area contributed by atoms with Crippen molar-refractivity contribution in [3.8, 4) is 5.69 Å². The first kappa shape index (κ1) is 8.97. The van der Waals surface area contributed by atoms with E-state index in [9.17, 15) is 0 Å². The Morgan fingerprint density at radius 2 is 1.81 bits per heavy atom. The van der Waals surface area contributed by atoms with Gasteiger partial charge in [-0.1, -0.05) is 0 Å². The van der Waals surface area contributed by atoms with Gasteiger partial charge in [-0.3, -0.25) is 4.98 Å². The number of benzene rings is 1. The molecule has 3 heteroatoms. The van der Waals surface area contributed by atoms with E-state index in [0.717, 1.165) is 22.3 Å². The summed E-state index contributed by atoms with van der Waals surface area (Å²) in [6.45, 7) is 0. The lowest BCUT2D eigenvalue weighted by atomic mass is 10.3. The average molecular weight is 209 g/mol. The highest BCUT2D eigenvalue weighted by Crippen LogP contribution is 2.19. The monoisotopic (exact) mass is 209 g/mol. The van der Waals surface area contributed by atoms with Crippen LogP contribution < -0.4 is 5.73 Å². The summed E-state index contributed by atoms with van der Waals surface area (Å²) >= 11 is 0. The maximum absolute atomic E-state index is 5.67. The molecule has 2 aromatic heterocycles. The summed E-state index contributed by atoms with van der Waals surface area (Å²) in [7, 11) is 0. The van der Waals surface area contributed by atoms with Crippen molar-refractivity contribution in [3.63, 3.8) is 0 Å². The summed E-state index contributed by atoms with van der Waals surface area (Å²) in [5.74, 6) is 0. The van der Waals surface area contributed by atoms with Gasteiger partial charge in [-0.05, 0) is 36.4 Å². The molecule has 0 spiro atoms. The van der Waals surface area contributed by atoms with Gasteiger partial charge in [0, 0.05) is 35.4 Å². The number of aromatic nitrogens is 2. The highest BCUT2D eigenvalue weighted by atomic mass is 15.0. The number of rotatable bonds is 1. The SMILES string of the molecule is Nc1ccc(-n2ccc3cnccc32)cc1. The Kier molecular flexibility index (Phi) is 1.90. The van der Waals surface area contributed by atoms with Gasteiger partial charge in [0.2, 0.25) is 0 Å². The fraction of sp³-hybridized carbons (Fsp3) is 0. The number of hydrogen-bond donors (Lipinski definition) is 1. The highest BCUT2D eigenvalue weighted by molar-refractivity contribution is 5.80. The molecule has 0 atom stereocenters. The molecule has 2 N–H and O–H groups in total. The van der Waals surface area contributed by atoms with Gasteiger partial charge in [0.25, 0.3) is 0 Å². The topological polar surface area (TPSA) is 43.8 Å². The number of nitrogens with two attached hydrogens (primary N) is 1. The minimum absolute atomic E-state index is 0.780. The number of hydrogen-bond acceptors (Lipinski definition) is 2. The van der Waals surface area contributed by atoms with Crippen LogP contribution >= 0.6 is 0 Å². The molecule has 0 fully saturated rings. The van der Waals surface area contributed by atoms with Crippen LogP contribution in [0.4, 0.5) is 5.69 Å². The predicted molar refractivity (Wildman–Crippen MR) is 65.5 cm³/mol. The molecule has 0 amide bonds. The Labute approximate surface area is 93.1 Å². The summed E-state index contributed by atoms with van der Waals surface area (Å²) in [6, 6.07) is 11.9. The van der Waals surface area contributed by atoms with Gasteiger partial charge in [-0.25, -0.2) is 0 Å². The number of nitrogen functional groups attached to an aromatic ring is 1. The Morgan fingerprint density at radius 3 is 2.62 bits per heavy atom. The molecule has 0 aliphatic heterocycles. The maximum Gasteiger partial charge on any atom is 0.0559 e. The molecule has 0 aliphatic carbocycles. The van der Waals surface area contributed by atoms with Gasteiger partial charge in [-0.2, -0.15) is 0 Å². The van der Waals surface area contributed by atoms with E-state index < -0.39 is 0 Å². The third kappa shape index (κ3) is 1.34. The molecule has 0 unspecified atom stereocenters. The van der Waals surface area contributed by atoms with E-state index in [-0.39, 0.29) is 0 Å². The third-order valence-corrected chi connectivity index (χ3v) is 2.66. The Balaban J connectivity index is 2.22. The molecule has 3 nitrogen and oxygen atoms in total. The predicted octanol–water partition coefficient (Wildman–Crippen LogP) is 2.61. The summed E-state index contributed by atoms with van der Waals surface area (Å²) in [6.07, 6.45) is 5.71. The first-order valence-corrected chi connectivity index (χ1v) is 5.11. The molecule has 0 saturated heterocycles. The number of pyridine rings is 1. The Bertz CT molecular complexity index is 623. The van der Waals surface area contributed by atoms with Gasteiger partial charge >= 0.3 is 0 Å². The molecule has 3 aromatic rings. The normalized spacial score (nSPS) is 10.8. The van der Waals surface area contributed by atoms with Crippen LogP contribution in [0.1, 0.15) is 0 Å². The summed E-state index contributed by atoms with van der Waals surface area (Å²) in [5.41, 5.74) is 8.71. The lowest BCUT2D eigenvalue weighted by Gasteiger charge is -2.05. The van der Waals surface area contributed by atoms with Crippen LogP contribution in [0, 0.1) is 0 Å². The fourth-order valence-corrected chi connectivity index (χ4v) is 1.84. The van der Waals surface area contributed by atoms with E-state index in [1.807, 2.05) is 42.7 Å². The second-order valence-electron chi connectivity index (χ2n) is 3.71. The van der Waals surface area contributed by atoms with Crippen molar-refractivity contribution in [2.45, 2.75) is 0 Å². The van der Waals surface area contributed by atoms with E-state index >= 15 is 0 Å². The zero-order valence-electron chi connectivity index (χ0n) is 8.67. The molecule has 16 heavy (non-hydrogen) atoms. The largest absolute Gasteiger partial charge is 0.399 e. The minimum Gasteiger partial charge on any atom is -0.399 e. The first-order valence-electron chi connectivity index (χ1n) is 5.11. The van der Waals surface area contributed by atoms with Gasteiger partial charge in [-0.15, -0.1) is 0 Å². The van der Waals surface area contributed by atoms with E-state index in [4.69, 9.17) is 5.73 Å². The first-order chi connectivity index (χ1) is 7.84. The molecule has 0 bridgehead atoms. The van der Waals surface area contributed by atoms with E-state index in [2.05, 4.69) is 15.6 Å². The summed E-state index contributed by atoms with van der Waals surface area (Å²) < 4.78 is 2.12. The van der Waals surface area contributed by atoms with Crippen LogP contribution in [0.2, 0.25) is 0 Å². The zero-order chi connectivity index (χ0) is 11.0. The molecular weight excluding hydrogens is 198 g/mol. The Hall–Kier alpha value is -2.29. The summed E-state index contributed by atoms with van der Waals surface area (Å²) in [5, 5.41) is 1.14. The van der Waals surface area contributed by atoms with E-state index in [0.29, 0.717) is 0 Å². The lowest BCUT2D eigenvalue weighted by Crippen LogP contribution is -1.92. The van der Waals surface area contributed by atoms with Gasteiger partial charge in [0.15, 0.2) is 0 Å². The maximum atomic E-state index is 5.67. The second-order valence-corrected chi connectivity index (χ2v) is 3.71. The van der Waals surface area contributed by atoms with Crippen LogP contribution in [0.5, 0.6) is 0 Å². The Morgan fingerprint density at radius 1 is 1.00 bits per heavy atom. The quantitative estimate of drug-likeness (QED) is 0.626. The molecule has 0 radical (unpaired) electrons. The van der Waals surface area contributed by atoms with Crippen LogP contribution in [0.15, 0.2) is 55.0 Å². The third-order valence-electron chi connectivity index (χ3n) is 2.66. The molecule has 3 rings (SSSR count). The van der Waals surface area contributed by atoms with Crippen molar-refractivity contribution in [2.24, 2.45) is 0 Å². The van der Waals surface area contributed by atoms with Gasteiger partial charge in [0.05, 0.1) is 5.52 Å². The van der Waals surface area contributed by atoms with Crippen molar-refractivity contribution in [2.75, 3.05) is 5.73 Å². The number of fused-ring (bicyclic) bond motifs is 1. The smallest absolute Gasteiger partial charge is 0.0559 e. The molecule has 1 aromatic carbocycles. The summed E-state index contributed by atoms with van der Waals surface area (Å²) in [4.78, 5) is 4.10. The van der Waals surface area contributed by atoms with Crippen molar-refractivity contribution in [1.82, 2.24) is 9.55 Å².